The first kappa shape index (κ1) is 16.7. The van der Waals surface area contributed by atoms with Crippen molar-refractivity contribution in [3.8, 4) is 0 Å². The Balaban J connectivity index is 1.95. The first-order valence-corrected chi connectivity index (χ1v) is 9.23. The summed E-state index contributed by atoms with van der Waals surface area (Å²) in [7, 11) is -3.62. The normalized spacial score (nSPS) is 25.1. The van der Waals surface area contributed by atoms with Crippen LogP contribution in [0.1, 0.15) is 32.6 Å². The van der Waals surface area contributed by atoms with Gasteiger partial charge in [-0.2, -0.15) is 12.7 Å². The first-order valence-electron chi connectivity index (χ1n) is 7.72. The number of amides is 1. The number of piperidine rings is 1. The highest BCUT2D eigenvalue weighted by Gasteiger charge is 2.34. The summed E-state index contributed by atoms with van der Waals surface area (Å²) >= 11 is 0. The average Bonchev–Trinajstić information content (AvgIpc) is 2.97. The van der Waals surface area contributed by atoms with Gasteiger partial charge in [-0.3, -0.25) is 4.79 Å². The second-order valence-corrected chi connectivity index (χ2v) is 7.44. The molecule has 2 fully saturated rings. The molecule has 122 valence electrons. The third-order valence-corrected chi connectivity index (χ3v) is 5.47. The SMILES string of the molecule is CCCN(C(=O)C1CCN(S(N)(=O)=O)CC1)C1CCNC1. The van der Waals surface area contributed by atoms with Crippen molar-refractivity contribution in [3.05, 3.63) is 0 Å². The standard InChI is InChI=1S/C13H26N4O3S/c1-2-7-17(12-3-6-15-10-12)13(18)11-4-8-16(9-5-11)21(14,19)20/h11-12,15H,2-10H2,1H3,(H2,14,19,20). The molecule has 0 spiro atoms. The molecular formula is C13H26N4O3S. The van der Waals surface area contributed by atoms with Crippen LogP contribution in [0.3, 0.4) is 0 Å². The number of nitrogens with zero attached hydrogens (tertiary/aromatic N) is 2. The molecule has 0 bridgehead atoms. The minimum absolute atomic E-state index is 0.0739. The van der Waals surface area contributed by atoms with Crippen LogP contribution in [-0.4, -0.2) is 62.3 Å². The number of nitrogens with one attached hydrogen (secondary N) is 1. The van der Waals surface area contributed by atoms with Crippen molar-refractivity contribution in [2.75, 3.05) is 32.7 Å². The van der Waals surface area contributed by atoms with Gasteiger partial charge >= 0.3 is 0 Å². The van der Waals surface area contributed by atoms with E-state index in [1.54, 1.807) is 0 Å². The number of rotatable bonds is 5. The van der Waals surface area contributed by atoms with Gasteiger partial charge in [0.1, 0.15) is 0 Å². The molecule has 21 heavy (non-hydrogen) atoms. The summed E-state index contributed by atoms with van der Waals surface area (Å²) in [5.41, 5.74) is 0. The summed E-state index contributed by atoms with van der Waals surface area (Å²) in [5.74, 6) is 0.106. The van der Waals surface area contributed by atoms with Gasteiger partial charge in [-0.05, 0) is 32.2 Å². The molecule has 1 atom stereocenters. The second-order valence-electron chi connectivity index (χ2n) is 5.90. The number of hydrogen-bond acceptors (Lipinski definition) is 4. The van der Waals surface area contributed by atoms with Crippen molar-refractivity contribution in [2.24, 2.45) is 11.1 Å². The van der Waals surface area contributed by atoms with Gasteiger partial charge in [-0.25, -0.2) is 5.14 Å². The number of carbonyl (C=O) groups excluding carboxylic acids is 1. The lowest BCUT2D eigenvalue weighted by molar-refractivity contribution is -0.138. The lowest BCUT2D eigenvalue weighted by atomic mass is 9.95. The summed E-state index contributed by atoms with van der Waals surface area (Å²) in [6.07, 6.45) is 3.07. The van der Waals surface area contributed by atoms with Gasteiger partial charge in [0.2, 0.25) is 5.91 Å². The van der Waals surface area contributed by atoms with E-state index in [2.05, 4.69) is 12.2 Å². The maximum Gasteiger partial charge on any atom is 0.276 e. The fourth-order valence-corrected chi connectivity index (χ4v) is 3.93. The van der Waals surface area contributed by atoms with Crippen molar-refractivity contribution in [2.45, 2.75) is 38.6 Å². The Kier molecular flexibility index (Phi) is 5.59. The molecule has 0 aromatic rings. The van der Waals surface area contributed by atoms with Crippen molar-refractivity contribution in [1.82, 2.24) is 14.5 Å². The zero-order chi connectivity index (χ0) is 15.5. The third-order valence-electron chi connectivity index (χ3n) is 4.39. The van der Waals surface area contributed by atoms with E-state index in [1.807, 2.05) is 4.90 Å². The molecule has 8 heteroatoms. The first-order chi connectivity index (χ1) is 9.93. The van der Waals surface area contributed by atoms with E-state index in [0.717, 1.165) is 32.5 Å². The molecule has 2 saturated heterocycles. The van der Waals surface area contributed by atoms with Gasteiger partial charge in [0.25, 0.3) is 10.2 Å². The smallest absolute Gasteiger partial charge is 0.276 e. The van der Waals surface area contributed by atoms with Crippen LogP contribution in [0.5, 0.6) is 0 Å². The monoisotopic (exact) mass is 318 g/mol. The van der Waals surface area contributed by atoms with E-state index in [9.17, 15) is 13.2 Å². The molecular weight excluding hydrogens is 292 g/mol. The maximum absolute atomic E-state index is 12.7. The minimum atomic E-state index is -3.62. The van der Waals surface area contributed by atoms with Gasteiger partial charge in [-0.15, -0.1) is 0 Å². The van der Waals surface area contributed by atoms with Crippen molar-refractivity contribution >= 4 is 16.1 Å². The van der Waals surface area contributed by atoms with Gasteiger partial charge in [0, 0.05) is 38.1 Å². The largest absolute Gasteiger partial charge is 0.338 e. The molecule has 2 aliphatic rings. The summed E-state index contributed by atoms with van der Waals surface area (Å²) in [6.45, 7) is 5.37. The van der Waals surface area contributed by atoms with E-state index in [1.165, 1.54) is 4.31 Å². The Labute approximate surface area is 127 Å². The van der Waals surface area contributed by atoms with Crippen LogP contribution in [-0.2, 0) is 15.0 Å². The van der Waals surface area contributed by atoms with Gasteiger partial charge in [0.15, 0.2) is 0 Å². The third kappa shape index (κ3) is 4.15. The molecule has 0 aromatic heterocycles. The molecule has 3 N–H and O–H groups in total. The van der Waals surface area contributed by atoms with Crippen LogP contribution in [0.25, 0.3) is 0 Å². The highest BCUT2D eigenvalue weighted by Crippen LogP contribution is 2.23. The molecule has 2 rings (SSSR count). The Hall–Kier alpha value is -0.700. The second kappa shape index (κ2) is 7.04. The molecule has 0 radical (unpaired) electrons. The zero-order valence-electron chi connectivity index (χ0n) is 12.6. The van der Waals surface area contributed by atoms with Crippen molar-refractivity contribution in [1.29, 1.82) is 0 Å². The maximum atomic E-state index is 12.7. The van der Waals surface area contributed by atoms with Crippen LogP contribution in [0, 0.1) is 5.92 Å². The van der Waals surface area contributed by atoms with Crippen LogP contribution in [0.2, 0.25) is 0 Å². The Morgan fingerprint density at radius 1 is 1.33 bits per heavy atom. The minimum Gasteiger partial charge on any atom is -0.338 e. The van der Waals surface area contributed by atoms with E-state index in [4.69, 9.17) is 5.14 Å². The summed E-state index contributed by atoms with van der Waals surface area (Å²) in [5, 5.41) is 8.43. The fourth-order valence-electron chi connectivity index (χ4n) is 3.21. The van der Waals surface area contributed by atoms with E-state index in [0.29, 0.717) is 25.9 Å². The van der Waals surface area contributed by atoms with Gasteiger partial charge in [0.05, 0.1) is 0 Å². The van der Waals surface area contributed by atoms with Crippen LogP contribution < -0.4 is 10.5 Å². The lowest BCUT2D eigenvalue weighted by Gasteiger charge is -2.35. The van der Waals surface area contributed by atoms with Crippen molar-refractivity contribution < 1.29 is 13.2 Å². The molecule has 0 aliphatic carbocycles. The van der Waals surface area contributed by atoms with Gasteiger partial charge in [-0.1, -0.05) is 6.92 Å². The molecule has 2 heterocycles. The summed E-state index contributed by atoms with van der Waals surface area (Å²) in [4.78, 5) is 14.7. The molecule has 0 saturated carbocycles. The fraction of sp³-hybridized carbons (Fsp3) is 0.923. The Morgan fingerprint density at radius 3 is 2.48 bits per heavy atom. The topological polar surface area (TPSA) is 95.7 Å². The Morgan fingerprint density at radius 2 is 2.00 bits per heavy atom. The Bertz CT molecular complexity index is 454. The molecule has 1 unspecified atom stereocenters. The average molecular weight is 318 g/mol. The molecule has 1 amide bonds. The summed E-state index contributed by atoms with van der Waals surface area (Å²) < 4.78 is 23.9. The van der Waals surface area contributed by atoms with Gasteiger partial charge < -0.3 is 10.2 Å². The van der Waals surface area contributed by atoms with Crippen LogP contribution in [0.4, 0.5) is 0 Å². The molecule has 0 aromatic carbocycles. The van der Waals surface area contributed by atoms with Crippen molar-refractivity contribution in [3.63, 3.8) is 0 Å². The van der Waals surface area contributed by atoms with E-state index < -0.39 is 10.2 Å². The highest BCUT2D eigenvalue weighted by molar-refractivity contribution is 7.86. The zero-order valence-corrected chi connectivity index (χ0v) is 13.4. The van der Waals surface area contributed by atoms with Crippen LogP contribution in [0.15, 0.2) is 0 Å². The van der Waals surface area contributed by atoms with E-state index in [-0.39, 0.29) is 17.9 Å². The number of nitrogens with two attached hydrogens (primary N) is 1. The van der Waals surface area contributed by atoms with Crippen LogP contribution >= 0.6 is 0 Å². The number of hydrogen-bond donors (Lipinski definition) is 2. The summed E-state index contributed by atoms with van der Waals surface area (Å²) in [6, 6.07) is 0.286. The predicted molar refractivity (Wildman–Crippen MR) is 80.7 cm³/mol. The molecule has 2 aliphatic heterocycles. The lowest BCUT2D eigenvalue weighted by Crippen LogP contribution is -2.49. The predicted octanol–water partition coefficient (Wildman–Crippen LogP) is -0.498. The van der Waals surface area contributed by atoms with E-state index >= 15 is 0 Å². The molecule has 7 nitrogen and oxygen atoms in total. The number of carbonyl (C=O) groups is 1. The highest BCUT2D eigenvalue weighted by atomic mass is 32.2. The quantitative estimate of drug-likeness (QED) is 0.714.